The number of carbonyl (C=O) groups is 1. The molecule has 0 bridgehead atoms. The zero-order valence-corrected chi connectivity index (χ0v) is 12.0. The van der Waals surface area contributed by atoms with Crippen LogP contribution in [0.25, 0.3) is 0 Å². The third kappa shape index (κ3) is 3.23. The van der Waals surface area contributed by atoms with Crippen LogP contribution in [0, 0.1) is 0 Å². The average molecular weight is 253 g/mol. The van der Waals surface area contributed by atoms with Crippen molar-refractivity contribution in [2.24, 2.45) is 0 Å². The lowest BCUT2D eigenvalue weighted by Crippen LogP contribution is -2.55. The first-order valence-electron chi connectivity index (χ1n) is 7.35. The Bertz CT molecular complexity index is 295. The number of hydrogen-bond acceptors (Lipinski definition) is 3. The predicted octanol–water partition coefficient (Wildman–Crippen LogP) is 1.07. The van der Waals surface area contributed by atoms with Crippen molar-refractivity contribution >= 4 is 5.91 Å². The molecular weight excluding hydrogens is 226 g/mol. The van der Waals surface area contributed by atoms with E-state index in [1.54, 1.807) is 6.92 Å². The molecule has 1 unspecified atom stereocenters. The first-order chi connectivity index (χ1) is 8.60. The molecule has 18 heavy (non-hydrogen) atoms. The maximum absolute atomic E-state index is 11.4. The highest BCUT2D eigenvalue weighted by atomic mass is 16.2. The number of hydrogen-bond donors (Lipinski definition) is 1. The van der Waals surface area contributed by atoms with Crippen LogP contribution in [-0.4, -0.2) is 60.0 Å². The van der Waals surface area contributed by atoms with Crippen molar-refractivity contribution in [2.45, 2.75) is 58.2 Å². The number of nitrogens with zero attached hydrogens (tertiary/aromatic N) is 2. The van der Waals surface area contributed by atoms with Crippen LogP contribution in [0.15, 0.2) is 0 Å². The standard InChI is InChI=1S/C14H27N3O/c1-4-13-5-6-14(15-13)10-16-7-8-17(12(3)18)11(2)9-16/h11,13-15H,4-10H2,1-3H3/t11-,13?,14+/m1/s1. The largest absolute Gasteiger partial charge is 0.338 e. The first-order valence-corrected chi connectivity index (χ1v) is 7.35. The van der Waals surface area contributed by atoms with Crippen molar-refractivity contribution in [2.75, 3.05) is 26.2 Å². The van der Waals surface area contributed by atoms with E-state index < -0.39 is 0 Å². The van der Waals surface area contributed by atoms with Gasteiger partial charge in [-0.2, -0.15) is 0 Å². The molecule has 0 aromatic carbocycles. The Hall–Kier alpha value is -0.610. The molecule has 3 atom stereocenters. The lowest BCUT2D eigenvalue weighted by atomic mass is 10.1. The molecule has 0 aromatic heterocycles. The van der Waals surface area contributed by atoms with E-state index >= 15 is 0 Å². The van der Waals surface area contributed by atoms with Gasteiger partial charge >= 0.3 is 0 Å². The van der Waals surface area contributed by atoms with Gasteiger partial charge in [0.2, 0.25) is 5.91 Å². The zero-order valence-electron chi connectivity index (χ0n) is 12.0. The fourth-order valence-electron chi connectivity index (χ4n) is 3.35. The van der Waals surface area contributed by atoms with Crippen LogP contribution >= 0.6 is 0 Å². The monoisotopic (exact) mass is 253 g/mol. The van der Waals surface area contributed by atoms with Gasteiger partial charge in [0, 0.05) is 51.2 Å². The number of carbonyl (C=O) groups excluding carboxylic acids is 1. The van der Waals surface area contributed by atoms with Crippen LogP contribution < -0.4 is 5.32 Å². The smallest absolute Gasteiger partial charge is 0.219 e. The Balaban J connectivity index is 1.77. The highest BCUT2D eigenvalue weighted by molar-refractivity contribution is 5.73. The van der Waals surface area contributed by atoms with E-state index in [2.05, 4.69) is 24.1 Å². The molecule has 1 amide bonds. The van der Waals surface area contributed by atoms with Gasteiger partial charge in [-0.05, 0) is 26.2 Å². The molecule has 0 saturated carbocycles. The molecule has 2 saturated heterocycles. The quantitative estimate of drug-likeness (QED) is 0.817. The second kappa shape index (κ2) is 6.02. The summed E-state index contributed by atoms with van der Waals surface area (Å²) in [6, 6.07) is 1.75. The van der Waals surface area contributed by atoms with Crippen molar-refractivity contribution < 1.29 is 4.79 Å². The molecule has 0 aromatic rings. The molecule has 0 radical (unpaired) electrons. The minimum atomic E-state index is 0.215. The van der Waals surface area contributed by atoms with Gasteiger partial charge in [-0.15, -0.1) is 0 Å². The van der Waals surface area contributed by atoms with Crippen molar-refractivity contribution in [3.63, 3.8) is 0 Å². The number of amides is 1. The van der Waals surface area contributed by atoms with Crippen LogP contribution in [0.1, 0.15) is 40.0 Å². The normalized spacial score (nSPS) is 33.9. The third-order valence-electron chi connectivity index (χ3n) is 4.42. The highest BCUT2D eigenvalue weighted by Gasteiger charge is 2.29. The second-order valence-corrected chi connectivity index (χ2v) is 5.87. The summed E-state index contributed by atoms with van der Waals surface area (Å²) >= 11 is 0. The summed E-state index contributed by atoms with van der Waals surface area (Å²) in [4.78, 5) is 15.9. The zero-order chi connectivity index (χ0) is 13.1. The number of rotatable bonds is 3. The topological polar surface area (TPSA) is 35.6 Å². The van der Waals surface area contributed by atoms with Gasteiger partial charge in [0.15, 0.2) is 0 Å². The molecule has 0 aliphatic carbocycles. The molecule has 0 spiro atoms. The van der Waals surface area contributed by atoms with E-state index in [0.29, 0.717) is 12.1 Å². The third-order valence-corrected chi connectivity index (χ3v) is 4.42. The van der Waals surface area contributed by atoms with Crippen molar-refractivity contribution in [3.05, 3.63) is 0 Å². The summed E-state index contributed by atoms with van der Waals surface area (Å²) in [6.07, 6.45) is 3.87. The molecule has 2 aliphatic rings. The average Bonchev–Trinajstić information content (AvgIpc) is 2.76. The Morgan fingerprint density at radius 3 is 2.56 bits per heavy atom. The summed E-state index contributed by atoms with van der Waals surface area (Å²) in [6.45, 7) is 10.2. The summed E-state index contributed by atoms with van der Waals surface area (Å²) in [7, 11) is 0. The fourth-order valence-corrected chi connectivity index (χ4v) is 3.35. The van der Waals surface area contributed by atoms with E-state index in [4.69, 9.17) is 0 Å². The first kappa shape index (κ1) is 13.8. The van der Waals surface area contributed by atoms with Crippen molar-refractivity contribution in [3.8, 4) is 0 Å². The molecule has 4 nitrogen and oxygen atoms in total. The molecule has 2 rings (SSSR count). The molecule has 2 aliphatic heterocycles. The summed E-state index contributed by atoms with van der Waals surface area (Å²) in [5.74, 6) is 0.215. The van der Waals surface area contributed by atoms with Gasteiger partial charge in [-0.1, -0.05) is 6.92 Å². The molecule has 1 N–H and O–H groups in total. The van der Waals surface area contributed by atoms with Gasteiger partial charge in [-0.25, -0.2) is 0 Å². The molecule has 2 heterocycles. The van der Waals surface area contributed by atoms with Gasteiger partial charge < -0.3 is 10.2 Å². The van der Waals surface area contributed by atoms with Gasteiger partial charge in [-0.3, -0.25) is 9.69 Å². The van der Waals surface area contributed by atoms with Gasteiger partial charge in [0.1, 0.15) is 0 Å². The van der Waals surface area contributed by atoms with Crippen LogP contribution in [0.4, 0.5) is 0 Å². The molecule has 2 fully saturated rings. The number of piperazine rings is 1. The Morgan fingerprint density at radius 2 is 2.00 bits per heavy atom. The van der Waals surface area contributed by atoms with Crippen LogP contribution in [0.5, 0.6) is 0 Å². The van der Waals surface area contributed by atoms with Crippen LogP contribution in [0.2, 0.25) is 0 Å². The lowest BCUT2D eigenvalue weighted by Gasteiger charge is -2.40. The maximum atomic E-state index is 11.4. The van der Waals surface area contributed by atoms with Crippen LogP contribution in [0.3, 0.4) is 0 Å². The van der Waals surface area contributed by atoms with E-state index in [1.165, 1.54) is 19.3 Å². The fraction of sp³-hybridized carbons (Fsp3) is 0.929. The SMILES string of the molecule is CCC1CC[C@@H](CN2CCN(C(C)=O)[C@H](C)C2)N1. The summed E-state index contributed by atoms with van der Waals surface area (Å²) in [5.41, 5.74) is 0. The van der Waals surface area contributed by atoms with Gasteiger partial charge in [0.05, 0.1) is 0 Å². The minimum Gasteiger partial charge on any atom is -0.338 e. The minimum absolute atomic E-state index is 0.215. The van der Waals surface area contributed by atoms with Gasteiger partial charge in [0.25, 0.3) is 0 Å². The Kier molecular flexibility index (Phi) is 4.62. The Morgan fingerprint density at radius 1 is 1.28 bits per heavy atom. The van der Waals surface area contributed by atoms with Crippen molar-refractivity contribution in [1.29, 1.82) is 0 Å². The summed E-state index contributed by atoms with van der Waals surface area (Å²) in [5, 5.41) is 3.71. The Labute approximate surface area is 111 Å². The van der Waals surface area contributed by atoms with E-state index in [9.17, 15) is 4.79 Å². The van der Waals surface area contributed by atoms with E-state index in [-0.39, 0.29) is 5.91 Å². The molecule has 104 valence electrons. The molecule has 4 heteroatoms. The maximum Gasteiger partial charge on any atom is 0.219 e. The molecular formula is C14H27N3O. The predicted molar refractivity (Wildman–Crippen MR) is 73.5 cm³/mol. The summed E-state index contributed by atoms with van der Waals surface area (Å²) < 4.78 is 0. The van der Waals surface area contributed by atoms with E-state index in [1.807, 2.05) is 4.90 Å². The second-order valence-electron chi connectivity index (χ2n) is 5.87. The lowest BCUT2D eigenvalue weighted by molar-refractivity contribution is -0.133. The van der Waals surface area contributed by atoms with Crippen molar-refractivity contribution in [1.82, 2.24) is 15.1 Å². The highest BCUT2D eigenvalue weighted by Crippen LogP contribution is 2.17. The van der Waals surface area contributed by atoms with Crippen LogP contribution in [-0.2, 0) is 4.79 Å². The number of nitrogens with one attached hydrogen (secondary N) is 1. The van der Waals surface area contributed by atoms with E-state index in [0.717, 1.165) is 32.2 Å².